The zero-order valence-electron chi connectivity index (χ0n) is 9.02. The molecule has 1 fully saturated rings. The molecule has 0 amide bonds. The van der Waals surface area contributed by atoms with Gasteiger partial charge in [-0.15, -0.1) is 0 Å². The Bertz CT molecular complexity index is 382. The molecule has 0 atom stereocenters. The van der Waals surface area contributed by atoms with Crippen molar-refractivity contribution < 1.29 is 14.3 Å². The summed E-state index contributed by atoms with van der Waals surface area (Å²) >= 11 is 1.84. The first kappa shape index (κ1) is 11.3. The van der Waals surface area contributed by atoms with Crippen LogP contribution < -0.4 is 5.32 Å². The van der Waals surface area contributed by atoms with Gasteiger partial charge in [-0.1, -0.05) is 6.42 Å². The van der Waals surface area contributed by atoms with Crippen LogP contribution in [0.5, 0.6) is 0 Å². The minimum absolute atomic E-state index is 0.0608. The van der Waals surface area contributed by atoms with Gasteiger partial charge in [0, 0.05) is 11.3 Å². The molecule has 0 unspecified atom stereocenters. The smallest absolute Gasteiger partial charge is 0.357 e. The normalized spacial score (nSPS) is 17.8. The van der Waals surface area contributed by atoms with E-state index in [1.165, 1.54) is 19.3 Å². The largest absolute Gasteiger partial charge is 0.476 e. The van der Waals surface area contributed by atoms with Gasteiger partial charge in [0.1, 0.15) is 6.26 Å². The Morgan fingerprint density at radius 1 is 1.75 bits per heavy atom. The Kier molecular flexibility index (Phi) is 3.09. The van der Waals surface area contributed by atoms with Crippen molar-refractivity contribution in [1.82, 2.24) is 4.98 Å². The number of carboxylic acids is 1. The molecule has 1 heterocycles. The van der Waals surface area contributed by atoms with Crippen molar-refractivity contribution >= 4 is 23.7 Å². The highest BCUT2D eigenvalue weighted by Crippen LogP contribution is 2.42. The average molecular weight is 242 g/mol. The van der Waals surface area contributed by atoms with Gasteiger partial charge in [-0.25, -0.2) is 4.79 Å². The first-order valence-electron chi connectivity index (χ1n) is 5.13. The molecule has 0 bridgehead atoms. The van der Waals surface area contributed by atoms with Crippen LogP contribution in [-0.2, 0) is 0 Å². The Hall–Kier alpha value is -1.17. The zero-order valence-corrected chi connectivity index (χ0v) is 9.84. The molecule has 0 radical (unpaired) electrons. The summed E-state index contributed by atoms with van der Waals surface area (Å²) in [5.41, 5.74) is -0.0608. The number of aromatic carboxylic acids is 1. The van der Waals surface area contributed by atoms with E-state index < -0.39 is 5.97 Å². The van der Waals surface area contributed by atoms with Gasteiger partial charge >= 0.3 is 5.97 Å². The van der Waals surface area contributed by atoms with Crippen LogP contribution in [0.1, 0.15) is 29.8 Å². The number of oxazole rings is 1. The number of carbonyl (C=O) groups is 1. The lowest BCUT2D eigenvalue weighted by molar-refractivity contribution is 0.0690. The molecule has 2 N–H and O–H groups in total. The molecule has 1 aromatic heterocycles. The van der Waals surface area contributed by atoms with Gasteiger partial charge in [0.15, 0.2) is 5.69 Å². The lowest BCUT2D eigenvalue weighted by Crippen LogP contribution is -2.40. The molecule has 1 saturated carbocycles. The maximum Gasteiger partial charge on any atom is 0.357 e. The third-order valence-electron chi connectivity index (χ3n) is 2.98. The van der Waals surface area contributed by atoms with Crippen LogP contribution in [0.25, 0.3) is 0 Å². The van der Waals surface area contributed by atoms with Crippen LogP contribution in [-0.4, -0.2) is 33.6 Å². The summed E-state index contributed by atoms with van der Waals surface area (Å²) in [5.74, 6) is -1.07. The minimum Gasteiger partial charge on any atom is -0.476 e. The summed E-state index contributed by atoms with van der Waals surface area (Å²) in [4.78, 5) is 14.4. The fourth-order valence-corrected chi connectivity index (χ4v) is 2.63. The average Bonchev–Trinajstić information content (AvgIpc) is 2.65. The lowest BCUT2D eigenvalue weighted by Gasteiger charge is -2.40. The van der Waals surface area contributed by atoms with Crippen LogP contribution in [0.4, 0.5) is 6.01 Å². The molecule has 0 saturated heterocycles. The van der Waals surface area contributed by atoms with E-state index in [1.807, 2.05) is 11.8 Å². The van der Waals surface area contributed by atoms with Gasteiger partial charge in [0.25, 0.3) is 6.01 Å². The highest BCUT2D eigenvalue weighted by atomic mass is 32.2. The van der Waals surface area contributed by atoms with Crippen molar-refractivity contribution in [1.29, 1.82) is 0 Å². The fourth-order valence-electron chi connectivity index (χ4n) is 1.71. The van der Waals surface area contributed by atoms with E-state index in [4.69, 9.17) is 9.52 Å². The molecule has 0 aromatic carbocycles. The van der Waals surface area contributed by atoms with E-state index in [2.05, 4.69) is 16.6 Å². The number of nitrogens with one attached hydrogen (secondary N) is 1. The summed E-state index contributed by atoms with van der Waals surface area (Å²) in [6.07, 6.45) is 6.88. The highest BCUT2D eigenvalue weighted by molar-refractivity contribution is 8.00. The maximum absolute atomic E-state index is 10.6. The highest BCUT2D eigenvalue weighted by Gasteiger charge is 2.36. The molecule has 2 rings (SSSR count). The molecule has 0 spiro atoms. The van der Waals surface area contributed by atoms with Gasteiger partial charge in [-0.2, -0.15) is 16.7 Å². The number of carboxylic acid groups (broad SMARTS) is 1. The van der Waals surface area contributed by atoms with E-state index in [0.29, 0.717) is 0 Å². The molecule has 0 aliphatic heterocycles. The van der Waals surface area contributed by atoms with Crippen molar-refractivity contribution in [2.75, 3.05) is 18.1 Å². The van der Waals surface area contributed by atoms with E-state index in [-0.39, 0.29) is 16.5 Å². The summed E-state index contributed by atoms with van der Waals surface area (Å²) < 4.78 is 5.30. The Morgan fingerprint density at radius 3 is 2.94 bits per heavy atom. The second kappa shape index (κ2) is 4.37. The summed E-state index contributed by atoms with van der Waals surface area (Å²) in [7, 11) is 0. The number of thioether (sulfide) groups is 1. The first-order chi connectivity index (χ1) is 7.65. The van der Waals surface area contributed by atoms with Crippen molar-refractivity contribution in [2.45, 2.75) is 24.0 Å². The van der Waals surface area contributed by atoms with Gasteiger partial charge in [0.2, 0.25) is 0 Å². The molecule has 88 valence electrons. The van der Waals surface area contributed by atoms with Crippen LogP contribution in [0, 0.1) is 0 Å². The number of anilines is 1. The van der Waals surface area contributed by atoms with Crippen molar-refractivity contribution in [3.63, 3.8) is 0 Å². The van der Waals surface area contributed by atoms with Gasteiger partial charge in [-0.05, 0) is 19.1 Å². The lowest BCUT2D eigenvalue weighted by atomic mass is 9.84. The standard InChI is InChI=1S/C10H14N2O3S/c1-16-10(3-2-4-10)6-11-9-12-7(5-15-9)8(13)14/h5H,2-4,6H2,1H3,(H,11,12)(H,13,14). The molecule has 5 nitrogen and oxygen atoms in total. The van der Waals surface area contributed by atoms with Crippen LogP contribution >= 0.6 is 11.8 Å². The number of rotatable bonds is 5. The van der Waals surface area contributed by atoms with Crippen molar-refractivity contribution in [2.24, 2.45) is 0 Å². The van der Waals surface area contributed by atoms with Gasteiger partial charge < -0.3 is 14.8 Å². The van der Waals surface area contributed by atoms with Crippen molar-refractivity contribution in [3.8, 4) is 0 Å². The SMILES string of the molecule is CSC1(CNc2nc(C(=O)O)co2)CCC1. The first-order valence-corrected chi connectivity index (χ1v) is 6.35. The molecule has 1 aromatic rings. The minimum atomic E-state index is -1.07. The van der Waals surface area contributed by atoms with Crippen LogP contribution in [0.2, 0.25) is 0 Å². The van der Waals surface area contributed by atoms with Crippen LogP contribution in [0.15, 0.2) is 10.7 Å². The zero-order chi connectivity index (χ0) is 11.6. The monoisotopic (exact) mass is 242 g/mol. The van der Waals surface area contributed by atoms with Gasteiger partial charge in [0.05, 0.1) is 0 Å². The second-order valence-electron chi connectivity index (χ2n) is 3.94. The number of hydrogen-bond donors (Lipinski definition) is 2. The van der Waals surface area contributed by atoms with Crippen LogP contribution in [0.3, 0.4) is 0 Å². The predicted molar refractivity (Wildman–Crippen MR) is 62.0 cm³/mol. The third-order valence-corrected chi connectivity index (χ3v) is 4.40. The number of nitrogens with zero attached hydrogens (tertiary/aromatic N) is 1. The number of aromatic nitrogens is 1. The van der Waals surface area contributed by atoms with E-state index in [9.17, 15) is 4.79 Å². The molecule has 16 heavy (non-hydrogen) atoms. The molecule has 6 heteroatoms. The van der Waals surface area contributed by atoms with E-state index >= 15 is 0 Å². The summed E-state index contributed by atoms with van der Waals surface area (Å²) in [6, 6.07) is 0.290. The molecule has 1 aliphatic rings. The summed E-state index contributed by atoms with van der Waals surface area (Å²) in [6.45, 7) is 0.772. The summed E-state index contributed by atoms with van der Waals surface area (Å²) in [5, 5.41) is 11.7. The second-order valence-corrected chi connectivity index (χ2v) is 5.21. The Balaban J connectivity index is 1.91. The van der Waals surface area contributed by atoms with Crippen molar-refractivity contribution in [3.05, 3.63) is 12.0 Å². The van der Waals surface area contributed by atoms with Gasteiger partial charge in [-0.3, -0.25) is 0 Å². The quantitative estimate of drug-likeness (QED) is 0.823. The number of hydrogen-bond acceptors (Lipinski definition) is 5. The molecular weight excluding hydrogens is 228 g/mol. The Labute approximate surface area is 97.6 Å². The topological polar surface area (TPSA) is 75.4 Å². The molecule has 1 aliphatic carbocycles. The fraction of sp³-hybridized carbons (Fsp3) is 0.600. The van der Waals surface area contributed by atoms with E-state index in [0.717, 1.165) is 12.8 Å². The predicted octanol–water partition coefficient (Wildman–Crippen LogP) is 2.07. The molecular formula is C10H14N2O3S. The van der Waals surface area contributed by atoms with E-state index in [1.54, 1.807) is 0 Å². The maximum atomic E-state index is 10.6. The Morgan fingerprint density at radius 2 is 2.50 bits per heavy atom. The third kappa shape index (κ3) is 2.16.